The molecule has 1 aromatic rings. The topological polar surface area (TPSA) is 61.2 Å². The Bertz CT molecular complexity index is 406. The Morgan fingerprint density at radius 3 is 2.63 bits per heavy atom. The zero-order valence-corrected chi connectivity index (χ0v) is 12.1. The zero-order valence-electron chi connectivity index (χ0n) is 11.3. The first-order chi connectivity index (χ1) is 9.15. The van der Waals surface area contributed by atoms with E-state index in [9.17, 15) is 4.79 Å². The number of hydrogen-bond donors (Lipinski definition) is 2. The lowest BCUT2D eigenvalue weighted by Gasteiger charge is -2.16. The fourth-order valence-electron chi connectivity index (χ4n) is 1.77. The van der Waals surface area contributed by atoms with Crippen LogP contribution >= 0.6 is 11.8 Å². The normalized spacial score (nSPS) is 12.1. The standard InChI is InChI=1S/C15H21NO2S/c1-2-3-11-19-14(10-9-13(16)15(17)18)12-7-5-4-6-8-12/h4-8,14,16H,2-3,9-11H2,1H3,(H,17,18). The first kappa shape index (κ1) is 15.8. The van der Waals surface area contributed by atoms with Crippen LogP contribution in [0.3, 0.4) is 0 Å². The summed E-state index contributed by atoms with van der Waals surface area (Å²) < 4.78 is 0. The van der Waals surface area contributed by atoms with Gasteiger partial charge in [0.25, 0.3) is 0 Å². The fraction of sp³-hybridized carbons (Fsp3) is 0.467. The van der Waals surface area contributed by atoms with Crippen LogP contribution in [-0.2, 0) is 4.79 Å². The van der Waals surface area contributed by atoms with Crippen molar-refractivity contribution >= 4 is 23.4 Å². The summed E-state index contributed by atoms with van der Waals surface area (Å²) in [6.07, 6.45) is 3.38. The number of thioether (sulfide) groups is 1. The van der Waals surface area contributed by atoms with E-state index in [1.165, 1.54) is 18.4 Å². The van der Waals surface area contributed by atoms with Crippen molar-refractivity contribution in [2.45, 2.75) is 37.9 Å². The molecule has 0 saturated heterocycles. The Morgan fingerprint density at radius 2 is 2.05 bits per heavy atom. The number of carboxylic acid groups (broad SMARTS) is 1. The molecule has 0 aliphatic carbocycles. The number of rotatable bonds is 9. The van der Waals surface area contributed by atoms with E-state index in [1.54, 1.807) is 0 Å². The number of benzene rings is 1. The van der Waals surface area contributed by atoms with Crippen LogP contribution in [0.2, 0.25) is 0 Å². The quantitative estimate of drug-likeness (QED) is 0.527. The van der Waals surface area contributed by atoms with Gasteiger partial charge in [0.15, 0.2) is 0 Å². The molecule has 0 radical (unpaired) electrons. The Hall–Kier alpha value is -1.29. The lowest BCUT2D eigenvalue weighted by atomic mass is 10.1. The highest BCUT2D eigenvalue weighted by atomic mass is 32.2. The van der Waals surface area contributed by atoms with Crippen molar-refractivity contribution in [1.82, 2.24) is 0 Å². The van der Waals surface area contributed by atoms with Gasteiger partial charge >= 0.3 is 5.97 Å². The third-order valence-electron chi connectivity index (χ3n) is 2.90. The molecule has 104 valence electrons. The van der Waals surface area contributed by atoms with Crippen molar-refractivity contribution in [1.29, 1.82) is 5.41 Å². The third kappa shape index (κ3) is 5.92. The molecule has 1 rings (SSSR count). The Balaban J connectivity index is 2.59. The summed E-state index contributed by atoms with van der Waals surface area (Å²) in [5.41, 5.74) is 1.03. The molecule has 1 unspecified atom stereocenters. The minimum atomic E-state index is -1.11. The van der Waals surface area contributed by atoms with Gasteiger partial charge in [-0.25, -0.2) is 4.79 Å². The molecule has 0 heterocycles. The average Bonchev–Trinajstić information content (AvgIpc) is 2.43. The number of hydrogen-bond acceptors (Lipinski definition) is 3. The van der Waals surface area contributed by atoms with E-state index >= 15 is 0 Å². The highest BCUT2D eigenvalue weighted by Crippen LogP contribution is 2.33. The Kier molecular flexibility index (Phi) is 7.26. The van der Waals surface area contributed by atoms with Crippen LogP contribution in [0, 0.1) is 5.41 Å². The molecule has 1 atom stereocenters. The zero-order chi connectivity index (χ0) is 14.1. The molecule has 0 fully saturated rings. The Labute approximate surface area is 118 Å². The van der Waals surface area contributed by atoms with Gasteiger partial charge in [-0.1, -0.05) is 43.7 Å². The molecule has 0 spiro atoms. The summed E-state index contributed by atoms with van der Waals surface area (Å²) in [4.78, 5) is 10.7. The van der Waals surface area contributed by atoms with Gasteiger partial charge in [-0.2, -0.15) is 11.8 Å². The van der Waals surface area contributed by atoms with Crippen molar-refractivity contribution in [3.05, 3.63) is 35.9 Å². The maximum atomic E-state index is 10.7. The lowest BCUT2D eigenvalue weighted by Crippen LogP contribution is -2.12. The minimum Gasteiger partial charge on any atom is -0.477 e. The minimum absolute atomic E-state index is 0.197. The summed E-state index contributed by atoms with van der Waals surface area (Å²) in [6, 6.07) is 10.1. The molecular weight excluding hydrogens is 258 g/mol. The Morgan fingerprint density at radius 1 is 1.37 bits per heavy atom. The molecule has 0 bridgehead atoms. The SMILES string of the molecule is CCCCSC(CCC(=N)C(=O)O)c1ccccc1. The maximum Gasteiger partial charge on any atom is 0.349 e. The van der Waals surface area contributed by atoms with E-state index < -0.39 is 5.97 Å². The molecule has 4 heteroatoms. The van der Waals surface area contributed by atoms with E-state index in [2.05, 4.69) is 19.1 Å². The highest BCUT2D eigenvalue weighted by molar-refractivity contribution is 7.99. The number of carboxylic acids is 1. The first-order valence-corrected chi connectivity index (χ1v) is 7.67. The van der Waals surface area contributed by atoms with E-state index in [1.807, 2.05) is 30.0 Å². The largest absolute Gasteiger partial charge is 0.477 e. The molecule has 0 aromatic heterocycles. The van der Waals surface area contributed by atoms with Crippen LogP contribution in [-0.4, -0.2) is 22.5 Å². The van der Waals surface area contributed by atoms with Crippen LogP contribution in [0.5, 0.6) is 0 Å². The highest BCUT2D eigenvalue weighted by Gasteiger charge is 2.15. The lowest BCUT2D eigenvalue weighted by molar-refractivity contribution is -0.129. The molecular formula is C15H21NO2S. The fourth-order valence-corrected chi connectivity index (χ4v) is 3.14. The van der Waals surface area contributed by atoms with Crippen LogP contribution in [0.1, 0.15) is 43.4 Å². The van der Waals surface area contributed by atoms with Gasteiger partial charge < -0.3 is 5.11 Å². The first-order valence-electron chi connectivity index (χ1n) is 6.62. The van der Waals surface area contributed by atoms with Crippen LogP contribution < -0.4 is 0 Å². The van der Waals surface area contributed by atoms with Crippen LogP contribution in [0.25, 0.3) is 0 Å². The van der Waals surface area contributed by atoms with Crippen LogP contribution in [0.4, 0.5) is 0 Å². The van der Waals surface area contributed by atoms with Gasteiger partial charge in [-0.05, 0) is 30.6 Å². The summed E-state index contributed by atoms with van der Waals surface area (Å²) in [7, 11) is 0. The second kappa shape index (κ2) is 8.75. The number of nitrogens with one attached hydrogen (secondary N) is 1. The van der Waals surface area contributed by atoms with E-state index in [0.29, 0.717) is 12.8 Å². The van der Waals surface area contributed by atoms with Crippen molar-refractivity contribution in [2.75, 3.05) is 5.75 Å². The number of aliphatic carboxylic acids is 1. The molecule has 3 nitrogen and oxygen atoms in total. The number of carbonyl (C=O) groups is 1. The molecule has 1 aromatic carbocycles. The maximum absolute atomic E-state index is 10.7. The summed E-state index contributed by atoms with van der Waals surface area (Å²) in [6.45, 7) is 2.16. The molecule has 19 heavy (non-hydrogen) atoms. The van der Waals surface area contributed by atoms with Gasteiger partial charge in [0.05, 0.1) is 0 Å². The van der Waals surface area contributed by atoms with Crippen molar-refractivity contribution in [2.24, 2.45) is 0 Å². The predicted octanol–water partition coefficient (Wildman–Crippen LogP) is 4.15. The second-order valence-corrected chi connectivity index (χ2v) is 5.76. The molecule has 0 aliphatic heterocycles. The van der Waals surface area contributed by atoms with Gasteiger partial charge in [0.1, 0.15) is 5.71 Å². The summed E-state index contributed by atoms with van der Waals surface area (Å²) >= 11 is 1.86. The van der Waals surface area contributed by atoms with E-state index in [-0.39, 0.29) is 11.0 Å². The molecule has 2 N–H and O–H groups in total. The third-order valence-corrected chi connectivity index (χ3v) is 4.34. The van der Waals surface area contributed by atoms with E-state index in [0.717, 1.165) is 5.75 Å². The van der Waals surface area contributed by atoms with Gasteiger partial charge in [0, 0.05) is 5.25 Å². The second-order valence-electron chi connectivity index (χ2n) is 4.45. The van der Waals surface area contributed by atoms with E-state index in [4.69, 9.17) is 10.5 Å². The van der Waals surface area contributed by atoms with Gasteiger partial charge in [-0.3, -0.25) is 5.41 Å². The van der Waals surface area contributed by atoms with Gasteiger partial charge in [-0.15, -0.1) is 0 Å². The van der Waals surface area contributed by atoms with Gasteiger partial charge in [0.2, 0.25) is 0 Å². The summed E-state index contributed by atoms with van der Waals surface area (Å²) in [5, 5.41) is 16.4. The monoisotopic (exact) mass is 279 g/mol. The van der Waals surface area contributed by atoms with Crippen molar-refractivity contribution in [3.8, 4) is 0 Å². The summed E-state index contributed by atoms with van der Waals surface area (Å²) in [5.74, 6) is -0.0263. The van der Waals surface area contributed by atoms with Crippen molar-refractivity contribution in [3.63, 3.8) is 0 Å². The average molecular weight is 279 g/mol. The predicted molar refractivity (Wildman–Crippen MR) is 81.1 cm³/mol. The molecule has 0 amide bonds. The van der Waals surface area contributed by atoms with Crippen LogP contribution in [0.15, 0.2) is 30.3 Å². The molecule has 0 aliphatic rings. The van der Waals surface area contributed by atoms with Crippen molar-refractivity contribution < 1.29 is 9.90 Å². The molecule has 0 saturated carbocycles. The smallest absolute Gasteiger partial charge is 0.349 e. The number of unbranched alkanes of at least 4 members (excludes halogenated alkanes) is 1.